The molecule has 0 unspecified atom stereocenters. The molecule has 0 spiro atoms. The summed E-state index contributed by atoms with van der Waals surface area (Å²) in [4.78, 5) is 36.2. The van der Waals surface area contributed by atoms with Gasteiger partial charge in [0.25, 0.3) is 11.8 Å². The molecule has 3 amide bonds. The summed E-state index contributed by atoms with van der Waals surface area (Å²) in [5, 5.41) is 2.78. The zero-order chi connectivity index (χ0) is 23.7. The number of hydrogen-bond donors (Lipinski definition) is 3. The van der Waals surface area contributed by atoms with Gasteiger partial charge in [-0.2, -0.15) is 0 Å². The molecular formula is C24H30BrN3O4. The van der Waals surface area contributed by atoms with Crippen molar-refractivity contribution in [2.24, 2.45) is 0 Å². The Morgan fingerprint density at radius 1 is 0.969 bits per heavy atom. The smallest absolute Gasteiger partial charge is 0.276 e. The van der Waals surface area contributed by atoms with Crippen LogP contribution in [0.3, 0.4) is 0 Å². The molecule has 0 fully saturated rings. The molecule has 0 aliphatic rings. The normalized spacial score (nSPS) is 10.9. The van der Waals surface area contributed by atoms with Gasteiger partial charge in [-0.25, -0.2) is 0 Å². The van der Waals surface area contributed by atoms with Crippen LogP contribution in [0.2, 0.25) is 0 Å². The second-order valence-electron chi connectivity index (χ2n) is 8.41. The van der Waals surface area contributed by atoms with E-state index < -0.39 is 11.8 Å². The van der Waals surface area contributed by atoms with Crippen molar-refractivity contribution >= 4 is 39.3 Å². The van der Waals surface area contributed by atoms with Crippen LogP contribution in [0.15, 0.2) is 46.9 Å². The lowest BCUT2D eigenvalue weighted by Crippen LogP contribution is -2.43. The largest absolute Gasteiger partial charge is 0.483 e. The number of carbonyl (C=O) groups is 3. The number of halogens is 1. The highest BCUT2D eigenvalue weighted by Gasteiger charge is 2.20. The number of amides is 3. The summed E-state index contributed by atoms with van der Waals surface area (Å²) in [5.41, 5.74) is 6.48. The number of carbonyl (C=O) groups excluding carboxylic acids is 3. The number of nitrogens with one attached hydrogen (secondary N) is 3. The van der Waals surface area contributed by atoms with Crippen LogP contribution in [0, 0.1) is 0 Å². The third-order valence-corrected chi connectivity index (χ3v) is 5.11. The topological polar surface area (TPSA) is 96.5 Å². The first-order chi connectivity index (χ1) is 15.1. The molecule has 0 saturated carbocycles. The zero-order valence-corrected chi connectivity index (χ0v) is 20.5. The van der Waals surface area contributed by atoms with Gasteiger partial charge >= 0.3 is 0 Å². The molecule has 0 heterocycles. The Morgan fingerprint density at radius 3 is 2.28 bits per heavy atom. The molecule has 0 aromatic heterocycles. The van der Waals surface area contributed by atoms with Gasteiger partial charge in [0.15, 0.2) is 6.61 Å². The second-order valence-corrected chi connectivity index (χ2v) is 9.33. The van der Waals surface area contributed by atoms with Crippen LogP contribution in [0.1, 0.15) is 62.9 Å². The van der Waals surface area contributed by atoms with Crippen LogP contribution in [0.5, 0.6) is 5.75 Å². The molecule has 0 aliphatic heterocycles. The monoisotopic (exact) mass is 503 g/mol. The van der Waals surface area contributed by atoms with E-state index in [1.54, 1.807) is 30.3 Å². The summed E-state index contributed by atoms with van der Waals surface area (Å²) in [5.74, 6) is -0.405. The van der Waals surface area contributed by atoms with Crippen molar-refractivity contribution in [1.82, 2.24) is 10.9 Å². The maximum Gasteiger partial charge on any atom is 0.276 e. The van der Waals surface area contributed by atoms with Gasteiger partial charge in [-0.3, -0.25) is 25.2 Å². The summed E-state index contributed by atoms with van der Waals surface area (Å²) < 4.78 is 6.60. The summed E-state index contributed by atoms with van der Waals surface area (Å²) in [6.45, 7) is 7.96. The first kappa shape index (κ1) is 25.4. The van der Waals surface area contributed by atoms with Crippen LogP contribution in [0.4, 0.5) is 5.69 Å². The van der Waals surface area contributed by atoms with E-state index in [2.05, 4.69) is 52.9 Å². The first-order valence-electron chi connectivity index (χ1n) is 10.5. The minimum Gasteiger partial charge on any atom is -0.483 e. The van der Waals surface area contributed by atoms with Crippen LogP contribution in [-0.4, -0.2) is 24.3 Å². The van der Waals surface area contributed by atoms with E-state index in [1.165, 1.54) is 0 Å². The lowest BCUT2D eigenvalue weighted by atomic mass is 9.86. The van der Waals surface area contributed by atoms with Gasteiger partial charge in [0, 0.05) is 27.7 Å². The molecule has 0 saturated heterocycles. The molecule has 32 heavy (non-hydrogen) atoms. The van der Waals surface area contributed by atoms with Crippen LogP contribution < -0.4 is 20.9 Å². The van der Waals surface area contributed by atoms with Gasteiger partial charge in [-0.1, -0.05) is 50.0 Å². The quantitative estimate of drug-likeness (QED) is 0.454. The van der Waals surface area contributed by atoms with Gasteiger partial charge in [0.2, 0.25) is 5.91 Å². The molecule has 2 aromatic rings. The highest BCUT2D eigenvalue weighted by atomic mass is 79.9. The number of unbranched alkanes of at least 4 members (excludes halogenated alkanes) is 1. The third-order valence-electron chi connectivity index (χ3n) is 4.61. The average molecular weight is 504 g/mol. The summed E-state index contributed by atoms with van der Waals surface area (Å²) in [7, 11) is 0. The predicted octanol–water partition coefficient (Wildman–Crippen LogP) is 4.72. The van der Waals surface area contributed by atoms with Gasteiger partial charge < -0.3 is 10.1 Å². The highest BCUT2D eigenvalue weighted by molar-refractivity contribution is 9.10. The van der Waals surface area contributed by atoms with E-state index in [1.807, 2.05) is 19.1 Å². The molecule has 2 rings (SSSR count). The van der Waals surface area contributed by atoms with Gasteiger partial charge in [0.1, 0.15) is 5.75 Å². The highest BCUT2D eigenvalue weighted by Crippen LogP contribution is 2.33. The number of benzene rings is 2. The Bertz CT molecular complexity index is 953. The Morgan fingerprint density at radius 2 is 1.66 bits per heavy atom. The van der Waals surface area contributed by atoms with Gasteiger partial charge in [-0.05, 0) is 54.3 Å². The molecule has 8 heteroatoms. The fourth-order valence-electron chi connectivity index (χ4n) is 2.86. The van der Waals surface area contributed by atoms with Crippen LogP contribution in [0.25, 0.3) is 0 Å². The SMILES string of the molecule is CCCCC(=O)Nc1ccc(C(=O)NNC(=O)COc2ccc(Br)cc2C(C)(C)C)cc1. The summed E-state index contributed by atoms with van der Waals surface area (Å²) >= 11 is 3.45. The zero-order valence-electron chi connectivity index (χ0n) is 18.9. The Labute approximate surface area is 197 Å². The number of hydrogen-bond acceptors (Lipinski definition) is 4. The van der Waals surface area contributed by atoms with Crippen molar-refractivity contribution in [3.63, 3.8) is 0 Å². The van der Waals surface area contributed by atoms with Crippen molar-refractivity contribution in [3.8, 4) is 5.75 Å². The van der Waals surface area contributed by atoms with Gasteiger partial charge in [-0.15, -0.1) is 0 Å². The first-order valence-corrected chi connectivity index (χ1v) is 11.3. The van der Waals surface area contributed by atoms with E-state index in [0.717, 1.165) is 22.9 Å². The minimum absolute atomic E-state index is 0.0586. The molecule has 2 aromatic carbocycles. The number of ether oxygens (including phenoxy) is 1. The number of hydrazine groups is 1. The standard InChI is InChI=1S/C24H30BrN3O4/c1-5-6-7-21(29)26-18-11-8-16(9-12-18)23(31)28-27-22(30)15-32-20-13-10-17(25)14-19(20)24(2,3)4/h8-14H,5-7,15H2,1-4H3,(H,26,29)(H,27,30)(H,28,31). The maximum atomic E-state index is 12.3. The number of rotatable bonds is 8. The van der Waals surface area contributed by atoms with Crippen molar-refractivity contribution in [2.75, 3.05) is 11.9 Å². The van der Waals surface area contributed by atoms with E-state index in [9.17, 15) is 14.4 Å². The molecule has 0 radical (unpaired) electrons. The average Bonchev–Trinajstić information content (AvgIpc) is 2.75. The van der Waals surface area contributed by atoms with E-state index in [-0.39, 0.29) is 17.9 Å². The Kier molecular flexibility index (Phi) is 9.26. The van der Waals surface area contributed by atoms with E-state index in [0.29, 0.717) is 23.4 Å². The second kappa shape index (κ2) is 11.7. The van der Waals surface area contributed by atoms with Gasteiger partial charge in [0.05, 0.1) is 0 Å². The molecular weight excluding hydrogens is 474 g/mol. The van der Waals surface area contributed by atoms with Crippen molar-refractivity contribution in [2.45, 2.75) is 52.4 Å². The molecule has 0 atom stereocenters. The van der Waals surface area contributed by atoms with Crippen molar-refractivity contribution in [3.05, 3.63) is 58.1 Å². The molecule has 0 bridgehead atoms. The fraction of sp³-hybridized carbons (Fsp3) is 0.375. The third kappa shape index (κ3) is 8.00. The lowest BCUT2D eigenvalue weighted by Gasteiger charge is -2.23. The lowest BCUT2D eigenvalue weighted by molar-refractivity contribution is -0.123. The Balaban J connectivity index is 1.85. The number of anilines is 1. The van der Waals surface area contributed by atoms with Crippen molar-refractivity contribution < 1.29 is 19.1 Å². The van der Waals surface area contributed by atoms with Crippen LogP contribution in [-0.2, 0) is 15.0 Å². The van der Waals surface area contributed by atoms with Crippen molar-refractivity contribution in [1.29, 1.82) is 0 Å². The summed E-state index contributed by atoms with van der Waals surface area (Å²) in [6.07, 6.45) is 2.24. The molecule has 0 aliphatic carbocycles. The molecule has 3 N–H and O–H groups in total. The van der Waals surface area contributed by atoms with E-state index >= 15 is 0 Å². The molecule has 172 valence electrons. The van der Waals surface area contributed by atoms with Crippen LogP contribution >= 0.6 is 15.9 Å². The summed E-state index contributed by atoms with van der Waals surface area (Å²) in [6, 6.07) is 12.1. The maximum absolute atomic E-state index is 12.3. The minimum atomic E-state index is -0.485. The Hall–Kier alpha value is -2.87. The fourth-order valence-corrected chi connectivity index (χ4v) is 3.22. The predicted molar refractivity (Wildman–Crippen MR) is 129 cm³/mol. The van der Waals surface area contributed by atoms with E-state index in [4.69, 9.17) is 4.74 Å². The molecule has 7 nitrogen and oxygen atoms in total.